The molecule has 2 aromatic carbocycles. The first-order valence-electron chi connectivity index (χ1n) is 7.36. The van der Waals surface area contributed by atoms with Crippen molar-refractivity contribution in [2.24, 2.45) is 5.73 Å². The van der Waals surface area contributed by atoms with Crippen LogP contribution in [0, 0.1) is 10.1 Å². The van der Waals surface area contributed by atoms with Gasteiger partial charge >= 0.3 is 0 Å². The van der Waals surface area contributed by atoms with E-state index < -0.39 is 22.8 Å². The van der Waals surface area contributed by atoms with Gasteiger partial charge in [-0.2, -0.15) is 0 Å². The lowest BCUT2D eigenvalue weighted by Gasteiger charge is -2.15. The molecule has 0 aliphatic rings. The van der Waals surface area contributed by atoms with Gasteiger partial charge in [-0.25, -0.2) is 0 Å². The highest BCUT2D eigenvalue weighted by atomic mass is 16.6. The lowest BCUT2D eigenvalue weighted by Crippen LogP contribution is -2.44. The largest absolute Gasteiger partial charge is 0.368 e. The van der Waals surface area contributed by atoms with E-state index in [0.717, 1.165) is 11.6 Å². The molecule has 0 spiro atoms. The molecule has 2 amide bonds. The molecule has 1 atom stereocenters. The summed E-state index contributed by atoms with van der Waals surface area (Å²) in [6.07, 6.45) is 0.920. The smallest absolute Gasteiger partial charge is 0.270 e. The molecule has 7 heteroatoms. The van der Waals surface area contributed by atoms with E-state index in [0.29, 0.717) is 12.8 Å². The third-order valence-corrected chi connectivity index (χ3v) is 3.53. The maximum Gasteiger partial charge on any atom is 0.270 e. The van der Waals surface area contributed by atoms with Crippen molar-refractivity contribution in [1.29, 1.82) is 0 Å². The monoisotopic (exact) mass is 327 g/mol. The zero-order valence-corrected chi connectivity index (χ0v) is 12.8. The average Bonchev–Trinajstić information content (AvgIpc) is 2.59. The van der Waals surface area contributed by atoms with Crippen LogP contribution in [-0.4, -0.2) is 22.8 Å². The van der Waals surface area contributed by atoms with Gasteiger partial charge < -0.3 is 11.1 Å². The summed E-state index contributed by atoms with van der Waals surface area (Å²) in [5.74, 6) is -1.22. The molecule has 0 aliphatic carbocycles. The lowest BCUT2D eigenvalue weighted by atomic mass is 10.0. The second-order valence-corrected chi connectivity index (χ2v) is 5.26. The molecule has 0 saturated heterocycles. The molecule has 0 aliphatic heterocycles. The Labute approximate surface area is 138 Å². The second kappa shape index (κ2) is 7.87. The molecule has 0 unspecified atom stereocenters. The summed E-state index contributed by atoms with van der Waals surface area (Å²) in [6, 6.07) is 13.9. The third kappa shape index (κ3) is 4.64. The van der Waals surface area contributed by atoms with Gasteiger partial charge in [-0.3, -0.25) is 19.7 Å². The number of hydrogen-bond acceptors (Lipinski definition) is 4. The predicted molar refractivity (Wildman–Crippen MR) is 88.3 cm³/mol. The van der Waals surface area contributed by atoms with Crippen LogP contribution < -0.4 is 11.1 Å². The molecule has 0 saturated carbocycles. The maximum atomic E-state index is 12.2. The minimum atomic E-state index is -0.850. The van der Waals surface area contributed by atoms with Crippen LogP contribution in [-0.2, 0) is 11.2 Å². The fourth-order valence-electron chi connectivity index (χ4n) is 2.24. The van der Waals surface area contributed by atoms with Crippen molar-refractivity contribution in [3.05, 3.63) is 75.8 Å². The normalized spacial score (nSPS) is 11.5. The Hall–Kier alpha value is -3.22. The number of primary amides is 1. The fourth-order valence-corrected chi connectivity index (χ4v) is 2.24. The molecule has 0 fully saturated rings. The van der Waals surface area contributed by atoms with Crippen LogP contribution in [0.15, 0.2) is 54.6 Å². The predicted octanol–water partition coefficient (Wildman–Crippen LogP) is 1.81. The van der Waals surface area contributed by atoms with E-state index in [4.69, 9.17) is 5.73 Å². The summed E-state index contributed by atoms with van der Waals surface area (Å²) >= 11 is 0. The molecule has 0 aromatic heterocycles. The van der Waals surface area contributed by atoms with Crippen molar-refractivity contribution >= 4 is 17.5 Å². The van der Waals surface area contributed by atoms with Crippen molar-refractivity contribution in [1.82, 2.24) is 5.32 Å². The number of benzene rings is 2. The van der Waals surface area contributed by atoms with E-state index in [1.54, 1.807) is 0 Å². The van der Waals surface area contributed by atoms with Crippen molar-refractivity contribution in [2.75, 3.05) is 0 Å². The van der Waals surface area contributed by atoms with Gasteiger partial charge in [0.2, 0.25) is 5.91 Å². The summed E-state index contributed by atoms with van der Waals surface area (Å²) in [5.41, 5.74) is 6.28. The molecular formula is C17H17N3O4. The van der Waals surface area contributed by atoms with Gasteiger partial charge in [0.25, 0.3) is 11.6 Å². The van der Waals surface area contributed by atoms with E-state index in [1.807, 2.05) is 30.3 Å². The summed E-state index contributed by atoms with van der Waals surface area (Å²) in [6.45, 7) is 0. The van der Waals surface area contributed by atoms with Crippen LogP contribution >= 0.6 is 0 Å². The van der Waals surface area contributed by atoms with E-state index in [1.165, 1.54) is 18.2 Å². The molecule has 0 bridgehead atoms. The Balaban J connectivity index is 2.04. The van der Waals surface area contributed by atoms with Crippen molar-refractivity contribution < 1.29 is 14.5 Å². The topological polar surface area (TPSA) is 115 Å². The van der Waals surface area contributed by atoms with Crippen molar-refractivity contribution in [2.45, 2.75) is 18.9 Å². The number of nitro groups is 1. The van der Waals surface area contributed by atoms with Crippen LogP contribution in [0.1, 0.15) is 22.3 Å². The maximum absolute atomic E-state index is 12.2. The highest BCUT2D eigenvalue weighted by molar-refractivity contribution is 5.97. The highest BCUT2D eigenvalue weighted by Crippen LogP contribution is 2.13. The first kappa shape index (κ1) is 17.1. The zero-order chi connectivity index (χ0) is 17.5. The van der Waals surface area contributed by atoms with Gasteiger partial charge in [0.05, 0.1) is 4.92 Å². The summed E-state index contributed by atoms with van der Waals surface area (Å²) in [5, 5.41) is 13.3. The van der Waals surface area contributed by atoms with Crippen LogP contribution in [0.2, 0.25) is 0 Å². The number of aryl methyl sites for hydroxylation is 1. The number of nitrogens with one attached hydrogen (secondary N) is 1. The Morgan fingerprint density at radius 3 is 2.46 bits per heavy atom. The van der Waals surface area contributed by atoms with Gasteiger partial charge in [0.15, 0.2) is 0 Å². The van der Waals surface area contributed by atoms with Gasteiger partial charge in [-0.15, -0.1) is 0 Å². The van der Waals surface area contributed by atoms with Crippen LogP contribution in [0.5, 0.6) is 0 Å². The van der Waals surface area contributed by atoms with Crippen LogP contribution in [0.25, 0.3) is 0 Å². The molecule has 0 radical (unpaired) electrons. The Bertz CT molecular complexity index is 747. The minimum Gasteiger partial charge on any atom is -0.368 e. The van der Waals surface area contributed by atoms with Crippen molar-refractivity contribution in [3.8, 4) is 0 Å². The Morgan fingerprint density at radius 2 is 1.83 bits per heavy atom. The number of nitro benzene ring substituents is 1. The minimum absolute atomic E-state index is 0.107. The molecule has 3 N–H and O–H groups in total. The van der Waals surface area contributed by atoms with Gasteiger partial charge in [0.1, 0.15) is 6.04 Å². The zero-order valence-electron chi connectivity index (χ0n) is 12.8. The molecular weight excluding hydrogens is 310 g/mol. The quantitative estimate of drug-likeness (QED) is 0.596. The highest BCUT2D eigenvalue weighted by Gasteiger charge is 2.20. The number of carbonyl (C=O) groups excluding carboxylic acids is 2. The van der Waals surface area contributed by atoms with Gasteiger partial charge in [-0.1, -0.05) is 36.4 Å². The Kier molecular flexibility index (Phi) is 5.62. The van der Waals surface area contributed by atoms with Crippen molar-refractivity contribution in [3.63, 3.8) is 0 Å². The average molecular weight is 327 g/mol. The third-order valence-electron chi connectivity index (χ3n) is 3.53. The second-order valence-electron chi connectivity index (χ2n) is 5.26. The number of amides is 2. The molecule has 7 nitrogen and oxygen atoms in total. The van der Waals surface area contributed by atoms with E-state index in [2.05, 4.69) is 5.32 Å². The van der Waals surface area contributed by atoms with E-state index in [-0.39, 0.29) is 11.3 Å². The number of rotatable bonds is 7. The molecule has 124 valence electrons. The summed E-state index contributed by atoms with van der Waals surface area (Å²) in [4.78, 5) is 33.9. The Morgan fingerprint density at radius 1 is 1.12 bits per heavy atom. The number of non-ortho nitro benzene ring substituents is 1. The standard InChI is InChI=1S/C17H17N3O4/c18-16(21)15(10-9-12-5-2-1-3-6-12)19-17(22)13-7-4-8-14(11-13)20(23)24/h1-8,11,15H,9-10H2,(H2,18,21)(H,19,22)/t15-/m0/s1. The summed E-state index contributed by atoms with van der Waals surface area (Å²) in [7, 11) is 0. The molecule has 2 aromatic rings. The number of nitrogens with two attached hydrogens (primary N) is 1. The SMILES string of the molecule is NC(=O)[C@H](CCc1ccccc1)NC(=O)c1cccc([N+](=O)[O-])c1. The fraction of sp³-hybridized carbons (Fsp3) is 0.176. The number of hydrogen-bond donors (Lipinski definition) is 2. The molecule has 0 heterocycles. The van der Waals surface area contributed by atoms with E-state index >= 15 is 0 Å². The summed E-state index contributed by atoms with van der Waals surface area (Å²) < 4.78 is 0. The molecule has 24 heavy (non-hydrogen) atoms. The lowest BCUT2D eigenvalue weighted by molar-refractivity contribution is -0.384. The molecule has 2 rings (SSSR count). The van der Waals surface area contributed by atoms with Gasteiger partial charge in [0, 0.05) is 17.7 Å². The van der Waals surface area contributed by atoms with Gasteiger partial charge in [-0.05, 0) is 24.5 Å². The number of carbonyl (C=O) groups is 2. The van der Waals surface area contributed by atoms with Crippen LogP contribution in [0.4, 0.5) is 5.69 Å². The van der Waals surface area contributed by atoms with E-state index in [9.17, 15) is 19.7 Å². The first-order chi connectivity index (χ1) is 11.5. The van der Waals surface area contributed by atoms with Crippen LogP contribution in [0.3, 0.4) is 0 Å². The first-order valence-corrected chi connectivity index (χ1v) is 7.36. The number of nitrogens with zero attached hydrogens (tertiary/aromatic N) is 1.